The lowest BCUT2D eigenvalue weighted by atomic mass is 10.00. The fraction of sp³-hybridized carbons (Fsp3) is 0.316. The summed E-state index contributed by atoms with van der Waals surface area (Å²) in [4.78, 5) is 12.0. The quantitative estimate of drug-likeness (QED) is 0.880. The van der Waals surface area contributed by atoms with Gasteiger partial charge >= 0.3 is 5.97 Å². The van der Waals surface area contributed by atoms with Crippen LogP contribution in [0.4, 0.5) is 0 Å². The first-order valence-electron chi connectivity index (χ1n) is 7.74. The summed E-state index contributed by atoms with van der Waals surface area (Å²) in [5, 5.41) is 0. The van der Waals surface area contributed by atoms with Crippen molar-refractivity contribution in [3.8, 4) is 5.75 Å². The molecule has 3 rings (SSSR count). The highest BCUT2D eigenvalue weighted by Crippen LogP contribution is 2.32. The van der Waals surface area contributed by atoms with Crippen molar-refractivity contribution in [2.75, 3.05) is 0 Å². The molecule has 2 N–H and O–H groups in total. The first-order valence-corrected chi connectivity index (χ1v) is 7.74. The van der Waals surface area contributed by atoms with Crippen LogP contribution >= 0.6 is 0 Å². The van der Waals surface area contributed by atoms with Gasteiger partial charge in [0.05, 0.1) is 0 Å². The van der Waals surface area contributed by atoms with E-state index in [4.69, 9.17) is 15.2 Å². The van der Waals surface area contributed by atoms with Crippen LogP contribution in [0.15, 0.2) is 42.5 Å². The minimum Gasteiger partial charge on any atom is -0.452 e. The van der Waals surface area contributed by atoms with Crippen LogP contribution in [0, 0.1) is 0 Å². The number of hydrogen-bond acceptors (Lipinski definition) is 4. The molecule has 0 saturated heterocycles. The van der Waals surface area contributed by atoms with E-state index in [0.29, 0.717) is 11.3 Å². The van der Waals surface area contributed by atoms with E-state index in [-0.39, 0.29) is 12.0 Å². The van der Waals surface area contributed by atoms with Gasteiger partial charge < -0.3 is 15.2 Å². The summed E-state index contributed by atoms with van der Waals surface area (Å²) < 4.78 is 11.0. The Morgan fingerprint density at radius 3 is 2.35 bits per heavy atom. The number of benzene rings is 2. The average Bonchev–Trinajstić information content (AvgIpc) is 2.46. The van der Waals surface area contributed by atoms with Gasteiger partial charge in [0.15, 0.2) is 0 Å². The number of nitrogens with two attached hydrogens (primary N) is 1. The van der Waals surface area contributed by atoms with Crippen molar-refractivity contribution in [1.82, 2.24) is 0 Å². The summed E-state index contributed by atoms with van der Waals surface area (Å²) in [6.07, 6.45) is 0.769. The van der Waals surface area contributed by atoms with Crippen molar-refractivity contribution in [3.05, 3.63) is 64.7 Å². The molecular weight excluding hydrogens is 290 g/mol. The van der Waals surface area contributed by atoms with Crippen LogP contribution in [0.5, 0.6) is 5.75 Å². The predicted molar refractivity (Wildman–Crippen MR) is 88.4 cm³/mol. The summed E-state index contributed by atoms with van der Waals surface area (Å²) in [7, 11) is 0. The number of esters is 1. The number of ether oxygens (including phenoxy) is 2. The number of rotatable bonds is 3. The molecule has 120 valence electrons. The Morgan fingerprint density at radius 2 is 1.70 bits per heavy atom. The molecule has 0 saturated carbocycles. The lowest BCUT2D eigenvalue weighted by molar-refractivity contribution is -0.127. The Hall–Kier alpha value is -2.33. The van der Waals surface area contributed by atoms with Gasteiger partial charge in [-0.15, -0.1) is 0 Å². The molecule has 4 nitrogen and oxygen atoms in total. The lowest BCUT2D eigenvalue weighted by Gasteiger charge is -2.31. The van der Waals surface area contributed by atoms with Gasteiger partial charge in [-0.2, -0.15) is 0 Å². The third kappa shape index (κ3) is 3.37. The number of carbonyl (C=O) groups is 1. The molecule has 1 atom stereocenters. The van der Waals surface area contributed by atoms with E-state index in [1.807, 2.05) is 19.1 Å². The van der Waals surface area contributed by atoms with Crippen LogP contribution in [0.25, 0.3) is 0 Å². The molecule has 0 fully saturated rings. The van der Waals surface area contributed by atoms with Gasteiger partial charge in [-0.25, -0.2) is 4.79 Å². The van der Waals surface area contributed by atoms with Crippen molar-refractivity contribution < 1.29 is 14.3 Å². The Kier molecular flexibility index (Phi) is 3.86. The molecule has 0 radical (unpaired) electrons. The SMILES string of the molecule is C[C@H](N)c1ccc(Cc2ccc3c(c2)OC(C)(C)OC3=O)cc1. The number of fused-ring (bicyclic) bond motifs is 1. The highest BCUT2D eigenvalue weighted by molar-refractivity contribution is 5.93. The molecular formula is C19H21NO3. The van der Waals surface area contributed by atoms with Gasteiger partial charge in [0.2, 0.25) is 5.79 Å². The second-order valence-corrected chi connectivity index (χ2v) is 6.43. The van der Waals surface area contributed by atoms with Crippen LogP contribution < -0.4 is 10.5 Å². The highest BCUT2D eigenvalue weighted by atomic mass is 16.7. The zero-order chi connectivity index (χ0) is 16.6. The lowest BCUT2D eigenvalue weighted by Crippen LogP contribution is -2.38. The first-order chi connectivity index (χ1) is 10.8. The van der Waals surface area contributed by atoms with E-state index >= 15 is 0 Å². The topological polar surface area (TPSA) is 61.6 Å². The maximum Gasteiger partial charge on any atom is 0.345 e. The monoisotopic (exact) mass is 311 g/mol. The summed E-state index contributed by atoms with van der Waals surface area (Å²) in [6, 6.07) is 13.9. The van der Waals surface area contributed by atoms with Crippen molar-refractivity contribution in [2.45, 2.75) is 39.0 Å². The molecule has 0 bridgehead atoms. The first kappa shape index (κ1) is 15.6. The molecule has 1 heterocycles. The number of carbonyl (C=O) groups excluding carboxylic acids is 1. The van der Waals surface area contributed by atoms with Gasteiger partial charge in [-0.3, -0.25) is 0 Å². The van der Waals surface area contributed by atoms with Gasteiger partial charge in [-0.05, 0) is 42.2 Å². The van der Waals surface area contributed by atoms with E-state index in [1.54, 1.807) is 19.9 Å². The van der Waals surface area contributed by atoms with Crippen LogP contribution in [0.2, 0.25) is 0 Å². The van der Waals surface area contributed by atoms with Crippen LogP contribution in [-0.4, -0.2) is 11.8 Å². The van der Waals surface area contributed by atoms with E-state index in [2.05, 4.69) is 24.3 Å². The second kappa shape index (κ2) is 5.70. The maximum absolute atomic E-state index is 12.0. The van der Waals surface area contributed by atoms with Crippen LogP contribution in [0.1, 0.15) is 53.9 Å². The molecule has 0 amide bonds. The summed E-state index contributed by atoms with van der Waals surface area (Å²) >= 11 is 0. The van der Waals surface area contributed by atoms with Gasteiger partial charge in [-0.1, -0.05) is 30.3 Å². The van der Waals surface area contributed by atoms with E-state index in [9.17, 15) is 4.79 Å². The fourth-order valence-electron chi connectivity index (χ4n) is 2.67. The zero-order valence-electron chi connectivity index (χ0n) is 13.6. The van der Waals surface area contributed by atoms with E-state index in [0.717, 1.165) is 17.5 Å². The fourth-order valence-corrected chi connectivity index (χ4v) is 2.67. The Labute approximate surface area is 136 Å². The van der Waals surface area contributed by atoms with Crippen molar-refractivity contribution >= 4 is 5.97 Å². The maximum atomic E-state index is 12.0. The third-order valence-corrected chi connectivity index (χ3v) is 3.87. The second-order valence-electron chi connectivity index (χ2n) is 6.43. The van der Waals surface area contributed by atoms with Crippen LogP contribution in [0.3, 0.4) is 0 Å². The van der Waals surface area contributed by atoms with E-state index in [1.165, 1.54) is 5.56 Å². The minimum atomic E-state index is -0.929. The Morgan fingerprint density at radius 1 is 1.04 bits per heavy atom. The van der Waals surface area contributed by atoms with Crippen molar-refractivity contribution in [2.24, 2.45) is 5.73 Å². The smallest absolute Gasteiger partial charge is 0.345 e. The Bertz CT molecular complexity index is 733. The van der Waals surface area contributed by atoms with E-state index < -0.39 is 5.79 Å². The standard InChI is InChI=1S/C19H21NO3/c1-12(20)15-7-4-13(5-8-15)10-14-6-9-16-17(11-14)22-19(2,3)23-18(16)21/h4-9,11-12H,10,20H2,1-3H3/t12-/m0/s1. The van der Waals surface area contributed by atoms with Crippen molar-refractivity contribution in [3.63, 3.8) is 0 Å². The predicted octanol–water partition coefficient (Wildman–Crippen LogP) is 3.58. The molecule has 23 heavy (non-hydrogen) atoms. The third-order valence-electron chi connectivity index (χ3n) is 3.87. The summed E-state index contributed by atoms with van der Waals surface area (Å²) in [5.74, 6) is -0.693. The molecule has 1 aliphatic heterocycles. The van der Waals surface area contributed by atoms with Gasteiger partial charge in [0.1, 0.15) is 11.3 Å². The highest BCUT2D eigenvalue weighted by Gasteiger charge is 2.33. The molecule has 0 spiro atoms. The number of hydrogen-bond donors (Lipinski definition) is 1. The molecule has 0 unspecified atom stereocenters. The van der Waals surface area contributed by atoms with Crippen molar-refractivity contribution in [1.29, 1.82) is 0 Å². The van der Waals surface area contributed by atoms with Crippen LogP contribution in [-0.2, 0) is 11.2 Å². The van der Waals surface area contributed by atoms with Gasteiger partial charge in [0.25, 0.3) is 0 Å². The summed E-state index contributed by atoms with van der Waals surface area (Å²) in [5.41, 5.74) is 9.73. The zero-order valence-corrected chi connectivity index (χ0v) is 13.6. The molecule has 0 aromatic heterocycles. The average molecular weight is 311 g/mol. The Balaban J connectivity index is 1.83. The minimum absolute atomic E-state index is 0.0365. The molecule has 4 heteroatoms. The summed E-state index contributed by atoms with van der Waals surface area (Å²) in [6.45, 7) is 5.43. The normalized spacial score (nSPS) is 17.0. The largest absolute Gasteiger partial charge is 0.452 e. The molecule has 1 aliphatic rings. The van der Waals surface area contributed by atoms with Gasteiger partial charge in [0, 0.05) is 19.9 Å². The molecule has 0 aliphatic carbocycles. The number of cyclic esters (lactones) is 1. The molecule has 2 aromatic carbocycles. The molecule has 2 aromatic rings.